The quantitative estimate of drug-likeness (QED) is 0.498. The third-order valence-electron chi connectivity index (χ3n) is 5.18. The zero-order chi connectivity index (χ0) is 23.1. The van der Waals surface area contributed by atoms with E-state index in [-0.39, 0.29) is 24.6 Å². The summed E-state index contributed by atoms with van der Waals surface area (Å²) in [6.45, 7) is 6.13. The average Bonchev–Trinajstić information content (AvgIpc) is 2.79. The van der Waals surface area contributed by atoms with Crippen LogP contribution in [-0.4, -0.2) is 34.0 Å². The van der Waals surface area contributed by atoms with Crippen LogP contribution in [0.1, 0.15) is 16.7 Å². The number of hydrogen-bond acceptors (Lipinski definition) is 4. The molecule has 3 aromatic carbocycles. The first-order valence-corrected chi connectivity index (χ1v) is 11.8. The van der Waals surface area contributed by atoms with Crippen LogP contribution in [0.4, 0.5) is 5.69 Å². The first kappa shape index (κ1) is 23.3. The average molecular weight is 453 g/mol. The van der Waals surface area contributed by atoms with Gasteiger partial charge in [0.1, 0.15) is 18.9 Å². The molecule has 3 rings (SSSR count). The van der Waals surface area contributed by atoms with Crippen LogP contribution < -0.4 is 14.4 Å². The number of sulfonamides is 1. The highest BCUT2D eigenvalue weighted by Gasteiger charge is 2.26. The number of aryl methyl sites for hydroxylation is 2. The van der Waals surface area contributed by atoms with Gasteiger partial charge in [0.25, 0.3) is 10.0 Å². The van der Waals surface area contributed by atoms with E-state index in [0.717, 1.165) is 26.7 Å². The van der Waals surface area contributed by atoms with Crippen LogP contribution in [0.3, 0.4) is 0 Å². The minimum atomic E-state index is -3.90. The Morgan fingerprint density at radius 3 is 2.28 bits per heavy atom. The second kappa shape index (κ2) is 10.3. The minimum absolute atomic E-state index is 0.131. The van der Waals surface area contributed by atoms with Crippen LogP contribution >= 0.6 is 0 Å². The van der Waals surface area contributed by atoms with Gasteiger partial charge in [0.2, 0.25) is 5.91 Å². The number of rotatable bonds is 9. The molecule has 0 aliphatic heterocycles. The zero-order valence-electron chi connectivity index (χ0n) is 18.5. The summed E-state index contributed by atoms with van der Waals surface area (Å²) in [4.78, 5) is 12.8. The molecule has 0 spiro atoms. The number of carbonyl (C=O) groups excluding carboxylic acids is 1. The Labute approximate surface area is 189 Å². The van der Waals surface area contributed by atoms with E-state index in [1.807, 2.05) is 51.1 Å². The Bertz CT molecular complexity index is 1160. The van der Waals surface area contributed by atoms with E-state index in [0.29, 0.717) is 5.69 Å². The van der Waals surface area contributed by atoms with Crippen molar-refractivity contribution in [3.05, 3.63) is 89.5 Å². The topological polar surface area (TPSA) is 75.7 Å². The molecule has 0 bridgehead atoms. The predicted octanol–water partition coefficient (Wildman–Crippen LogP) is 4.00. The summed E-state index contributed by atoms with van der Waals surface area (Å²) in [5, 5.41) is 2.75. The molecular weight excluding hydrogens is 424 g/mol. The second-order valence-corrected chi connectivity index (χ2v) is 9.42. The molecule has 0 saturated heterocycles. The fourth-order valence-corrected chi connectivity index (χ4v) is 4.61. The van der Waals surface area contributed by atoms with Gasteiger partial charge < -0.3 is 10.1 Å². The molecule has 0 aliphatic rings. The highest BCUT2D eigenvalue weighted by Crippen LogP contribution is 2.24. The Hall–Kier alpha value is -3.32. The van der Waals surface area contributed by atoms with Crippen molar-refractivity contribution in [1.82, 2.24) is 5.32 Å². The molecule has 3 aromatic rings. The molecule has 0 radical (unpaired) electrons. The fourth-order valence-electron chi connectivity index (χ4n) is 3.16. The van der Waals surface area contributed by atoms with E-state index in [2.05, 4.69) is 5.32 Å². The molecule has 0 unspecified atom stereocenters. The standard InChI is InChI=1S/C25H28N2O4S/c1-19-12-14-22(15-13-19)27(32(29,30)23-9-5-4-6-10-23)18-25(28)26-16-17-31-24-11-7-8-20(2)21(24)3/h4-15H,16-18H2,1-3H3,(H,26,28). The van der Waals surface area contributed by atoms with E-state index < -0.39 is 15.9 Å². The van der Waals surface area contributed by atoms with Gasteiger partial charge in [-0.05, 0) is 62.2 Å². The number of hydrogen-bond donors (Lipinski definition) is 1. The molecular formula is C25H28N2O4S. The highest BCUT2D eigenvalue weighted by atomic mass is 32.2. The van der Waals surface area contributed by atoms with Crippen LogP contribution in [0.2, 0.25) is 0 Å². The molecule has 1 amide bonds. The molecule has 0 fully saturated rings. The fraction of sp³-hybridized carbons (Fsp3) is 0.240. The van der Waals surface area contributed by atoms with Gasteiger partial charge in [0.05, 0.1) is 17.1 Å². The van der Waals surface area contributed by atoms with E-state index in [9.17, 15) is 13.2 Å². The van der Waals surface area contributed by atoms with Crippen LogP contribution in [0, 0.1) is 20.8 Å². The first-order chi connectivity index (χ1) is 15.3. The van der Waals surface area contributed by atoms with Crippen molar-refractivity contribution in [2.45, 2.75) is 25.7 Å². The molecule has 6 nitrogen and oxygen atoms in total. The third-order valence-corrected chi connectivity index (χ3v) is 6.97. The van der Waals surface area contributed by atoms with Gasteiger partial charge in [0.15, 0.2) is 0 Å². The number of ether oxygens (including phenoxy) is 1. The second-order valence-electron chi connectivity index (χ2n) is 7.56. The highest BCUT2D eigenvalue weighted by molar-refractivity contribution is 7.92. The maximum atomic E-state index is 13.3. The number of benzene rings is 3. The largest absolute Gasteiger partial charge is 0.491 e. The third kappa shape index (κ3) is 5.68. The molecule has 0 heterocycles. The Balaban J connectivity index is 1.68. The summed E-state index contributed by atoms with van der Waals surface area (Å²) in [7, 11) is -3.90. The SMILES string of the molecule is Cc1ccc(N(CC(=O)NCCOc2cccc(C)c2C)S(=O)(=O)c2ccccc2)cc1. The zero-order valence-corrected chi connectivity index (χ0v) is 19.4. The van der Waals surface area contributed by atoms with E-state index in [4.69, 9.17) is 4.74 Å². The summed E-state index contributed by atoms with van der Waals surface area (Å²) in [5.74, 6) is 0.363. The first-order valence-electron chi connectivity index (χ1n) is 10.4. The van der Waals surface area contributed by atoms with Crippen molar-refractivity contribution in [2.75, 3.05) is 24.0 Å². The van der Waals surface area contributed by atoms with Gasteiger partial charge in [-0.2, -0.15) is 0 Å². The van der Waals surface area contributed by atoms with Gasteiger partial charge in [-0.3, -0.25) is 9.10 Å². The van der Waals surface area contributed by atoms with Gasteiger partial charge in [-0.25, -0.2) is 8.42 Å². The van der Waals surface area contributed by atoms with E-state index >= 15 is 0 Å². The summed E-state index contributed by atoms with van der Waals surface area (Å²) in [6.07, 6.45) is 0. The predicted molar refractivity (Wildman–Crippen MR) is 127 cm³/mol. The lowest BCUT2D eigenvalue weighted by Crippen LogP contribution is -2.41. The molecule has 7 heteroatoms. The summed E-state index contributed by atoms with van der Waals surface area (Å²) < 4.78 is 33.4. The Morgan fingerprint density at radius 2 is 1.59 bits per heavy atom. The summed E-state index contributed by atoms with van der Waals surface area (Å²) >= 11 is 0. The van der Waals surface area contributed by atoms with Crippen molar-refractivity contribution in [2.24, 2.45) is 0 Å². The lowest BCUT2D eigenvalue weighted by Gasteiger charge is -2.24. The number of nitrogens with one attached hydrogen (secondary N) is 1. The molecule has 32 heavy (non-hydrogen) atoms. The monoisotopic (exact) mass is 452 g/mol. The Kier molecular flexibility index (Phi) is 7.53. The number of anilines is 1. The van der Waals surface area contributed by atoms with Crippen LogP contribution in [0.15, 0.2) is 77.7 Å². The van der Waals surface area contributed by atoms with Gasteiger partial charge in [-0.15, -0.1) is 0 Å². The van der Waals surface area contributed by atoms with Gasteiger partial charge in [0, 0.05) is 0 Å². The number of amides is 1. The molecule has 0 aromatic heterocycles. The lowest BCUT2D eigenvalue weighted by atomic mass is 10.1. The van der Waals surface area contributed by atoms with Crippen molar-refractivity contribution in [3.8, 4) is 5.75 Å². The van der Waals surface area contributed by atoms with Crippen LogP contribution in [0.25, 0.3) is 0 Å². The molecule has 0 saturated carbocycles. The van der Waals surface area contributed by atoms with Crippen molar-refractivity contribution < 1.29 is 17.9 Å². The molecule has 0 aliphatic carbocycles. The van der Waals surface area contributed by atoms with Gasteiger partial charge >= 0.3 is 0 Å². The maximum Gasteiger partial charge on any atom is 0.264 e. The minimum Gasteiger partial charge on any atom is -0.491 e. The van der Waals surface area contributed by atoms with Crippen molar-refractivity contribution >= 4 is 21.6 Å². The smallest absolute Gasteiger partial charge is 0.264 e. The van der Waals surface area contributed by atoms with Crippen LogP contribution in [-0.2, 0) is 14.8 Å². The van der Waals surface area contributed by atoms with Crippen LogP contribution in [0.5, 0.6) is 5.75 Å². The molecule has 0 atom stereocenters. The van der Waals surface area contributed by atoms with E-state index in [1.54, 1.807) is 30.3 Å². The molecule has 1 N–H and O–H groups in total. The molecule has 168 valence electrons. The number of carbonyl (C=O) groups is 1. The van der Waals surface area contributed by atoms with E-state index in [1.165, 1.54) is 12.1 Å². The Morgan fingerprint density at radius 1 is 0.906 bits per heavy atom. The van der Waals surface area contributed by atoms with Crippen molar-refractivity contribution in [3.63, 3.8) is 0 Å². The van der Waals surface area contributed by atoms with Gasteiger partial charge in [-0.1, -0.05) is 48.0 Å². The maximum absolute atomic E-state index is 13.3. The summed E-state index contributed by atoms with van der Waals surface area (Å²) in [6, 6.07) is 21.0. The summed E-state index contributed by atoms with van der Waals surface area (Å²) in [5.41, 5.74) is 3.62. The van der Waals surface area contributed by atoms with Crippen molar-refractivity contribution in [1.29, 1.82) is 0 Å². The number of nitrogens with zero attached hydrogens (tertiary/aromatic N) is 1. The lowest BCUT2D eigenvalue weighted by molar-refractivity contribution is -0.119. The normalized spacial score (nSPS) is 11.1.